The maximum atomic E-state index is 13.0. The van der Waals surface area contributed by atoms with Crippen molar-refractivity contribution in [2.24, 2.45) is 0 Å². The number of nitrogens with zero attached hydrogens (tertiary/aromatic N) is 3. The smallest absolute Gasteiger partial charge is 0.335 e. The third kappa shape index (κ3) is 3.67. The van der Waals surface area contributed by atoms with Crippen LogP contribution < -0.4 is 16.1 Å². The second-order valence-electron chi connectivity index (χ2n) is 6.72. The number of carboxylic acid groups (broad SMARTS) is 1. The van der Waals surface area contributed by atoms with E-state index >= 15 is 0 Å². The molecule has 0 bridgehead atoms. The molecule has 9 heteroatoms. The van der Waals surface area contributed by atoms with Crippen LogP contribution in [0.25, 0.3) is 24.0 Å². The number of benzene rings is 2. The van der Waals surface area contributed by atoms with Crippen molar-refractivity contribution in [3.8, 4) is 11.4 Å². The number of carbonyl (C=O) groups is 1. The Morgan fingerprint density at radius 1 is 1.06 bits per heavy atom. The topological polar surface area (TPSA) is 123 Å². The van der Waals surface area contributed by atoms with E-state index in [1.165, 1.54) is 41.1 Å². The SMILES string of the molecule is C=c1[nH]n(-c2ccc(C(=O)O)cc2)c(=O)/c1=C\c1cccn1-c1ccc([N+](=O)[O-])cc1. The number of nitro benzene ring substituents is 1. The number of nitro groups is 1. The first-order chi connectivity index (χ1) is 14.8. The van der Waals surface area contributed by atoms with E-state index in [-0.39, 0.29) is 16.8 Å². The van der Waals surface area contributed by atoms with Crippen LogP contribution in [0.3, 0.4) is 0 Å². The summed E-state index contributed by atoms with van der Waals surface area (Å²) in [7, 11) is 0. The third-order valence-corrected chi connectivity index (χ3v) is 4.79. The molecule has 154 valence electrons. The Balaban J connectivity index is 1.77. The van der Waals surface area contributed by atoms with Gasteiger partial charge in [-0.2, -0.15) is 0 Å². The Bertz CT molecular complexity index is 1460. The van der Waals surface area contributed by atoms with E-state index in [0.29, 0.717) is 27.6 Å². The van der Waals surface area contributed by atoms with Crippen molar-refractivity contribution in [1.29, 1.82) is 0 Å². The summed E-state index contributed by atoms with van der Waals surface area (Å²) in [4.78, 5) is 34.4. The zero-order valence-electron chi connectivity index (χ0n) is 16.1. The van der Waals surface area contributed by atoms with Gasteiger partial charge in [0, 0.05) is 29.7 Å². The van der Waals surface area contributed by atoms with Gasteiger partial charge in [-0.15, -0.1) is 0 Å². The lowest BCUT2D eigenvalue weighted by atomic mass is 10.2. The number of aromatic amines is 1. The van der Waals surface area contributed by atoms with E-state index in [1.807, 2.05) is 0 Å². The van der Waals surface area contributed by atoms with E-state index in [2.05, 4.69) is 11.7 Å². The van der Waals surface area contributed by atoms with Gasteiger partial charge in [0.2, 0.25) is 0 Å². The minimum atomic E-state index is -1.05. The molecule has 4 rings (SSSR count). The summed E-state index contributed by atoms with van der Waals surface area (Å²) in [5.41, 5.74) is 1.63. The Morgan fingerprint density at radius 2 is 1.71 bits per heavy atom. The third-order valence-electron chi connectivity index (χ3n) is 4.79. The second-order valence-corrected chi connectivity index (χ2v) is 6.72. The number of nitrogens with one attached hydrogen (secondary N) is 1. The number of rotatable bonds is 5. The summed E-state index contributed by atoms with van der Waals surface area (Å²) in [5.74, 6) is -1.05. The molecule has 0 radical (unpaired) electrons. The zero-order chi connectivity index (χ0) is 22.1. The standard InChI is InChI=1S/C22H16N4O5/c1-14-20(21(27)25(23-14)17-6-4-15(5-7-17)22(28)29)13-19-3-2-12-24(19)16-8-10-18(11-9-16)26(30)31/h2-13,23H,1H2,(H,28,29)/b20-13-. The number of non-ortho nitro benzene ring substituents is 1. The van der Waals surface area contributed by atoms with Gasteiger partial charge in [-0.25, -0.2) is 9.48 Å². The normalized spacial score (nSPS) is 11.5. The summed E-state index contributed by atoms with van der Waals surface area (Å²) >= 11 is 0. The summed E-state index contributed by atoms with van der Waals surface area (Å²) in [6.45, 7) is 3.90. The molecular weight excluding hydrogens is 400 g/mol. The molecule has 2 aromatic carbocycles. The van der Waals surface area contributed by atoms with Crippen LogP contribution in [-0.2, 0) is 0 Å². The first-order valence-electron chi connectivity index (χ1n) is 9.13. The number of aromatic nitrogens is 3. The molecule has 0 aliphatic carbocycles. The van der Waals surface area contributed by atoms with Crippen LogP contribution in [0.5, 0.6) is 0 Å². The average Bonchev–Trinajstić information content (AvgIpc) is 3.34. The number of aromatic carboxylic acids is 1. The van der Waals surface area contributed by atoms with Gasteiger partial charge in [-0.3, -0.25) is 20.0 Å². The minimum Gasteiger partial charge on any atom is -0.478 e. The molecule has 0 aliphatic heterocycles. The Hall–Kier alpha value is -4.66. The van der Waals surface area contributed by atoms with Crippen LogP contribution in [-0.4, -0.2) is 30.3 Å². The van der Waals surface area contributed by atoms with Gasteiger partial charge in [-0.05, 0) is 54.6 Å². The van der Waals surface area contributed by atoms with E-state index in [4.69, 9.17) is 5.11 Å². The average molecular weight is 416 g/mol. The Morgan fingerprint density at radius 3 is 2.32 bits per heavy atom. The molecule has 0 atom stereocenters. The van der Waals surface area contributed by atoms with Crippen LogP contribution in [0.4, 0.5) is 5.69 Å². The summed E-state index contributed by atoms with van der Waals surface area (Å²) < 4.78 is 3.08. The highest BCUT2D eigenvalue weighted by atomic mass is 16.6. The molecule has 0 saturated heterocycles. The molecule has 0 saturated carbocycles. The molecule has 2 N–H and O–H groups in total. The Labute approximate surface area is 174 Å². The van der Waals surface area contributed by atoms with Crippen LogP contribution in [0.1, 0.15) is 16.1 Å². The highest BCUT2D eigenvalue weighted by Gasteiger charge is 2.09. The highest BCUT2D eigenvalue weighted by molar-refractivity contribution is 5.87. The molecule has 4 aromatic rings. The molecular formula is C22H16N4O5. The molecule has 9 nitrogen and oxygen atoms in total. The molecule has 0 amide bonds. The molecule has 2 heterocycles. The van der Waals surface area contributed by atoms with Gasteiger partial charge >= 0.3 is 5.97 Å². The maximum Gasteiger partial charge on any atom is 0.335 e. The molecule has 31 heavy (non-hydrogen) atoms. The minimum absolute atomic E-state index is 0.0103. The fraction of sp³-hybridized carbons (Fsp3) is 0. The second kappa shape index (κ2) is 7.64. The van der Waals surface area contributed by atoms with Crippen molar-refractivity contribution >= 4 is 24.3 Å². The van der Waals surface area contributed by atoms with Gasteiger partial charge in [0.25, 0.3) is 11.2 Å². The van der Waals surface area contributed by atoms with Crippen LogP contribution in [0.2, 0.25) is 0 Å². The molecule has 0 fully saturated rings. The summed E-state index contributed by atoms with van der Waals surface area (Å²) in [5, 5.41) is 23.5. The highest BCUT2D eigenvalue weighted by Crippen LogP contribution is 2.17. The molecule has 0 spiro atoms. The number of hydrogen-bond acceptors (Lipinski definition) is 4. The maximum absolute atomic E-state index is 13.0. The van der Waals surface area contributed by atoms with Crippen molar-refractivity contribution in [2.45, 2.75) is 0 Å². The van der Waals surface area contributed by atoms with Crippen LogP contribution in [0.15, 0.2) is 71.7 Å². The van der Waals surface area contributed by atoms with Gasteiger partial charge in [0.15, 0.2) is 0 Å². The monoisotopic (exact) mass is 416 g/mol. The first kappa shape index (κ1) is 19.6. The number of H-pyrrole nitrogens is 1. The summed E-state index contributed by atoms with van der Waals surface area (Å²) in [6, 6.07) is 15.6. The lowest BCUT2D eigenvalue weighted by Crippen LogP contribution is -2.34. The van der Waals surface area contributed by atoms with Crippen LogP contribution in [0, 0.1) is 10.1 Å². The number of hydrogen-bond donors (Lipinski definition) is 2. The molecule has 2 aromatic heterocycles. The lowest BCUT2D eigenvalue weighted by Gasteiger charge is -2.05. The molecule has 0 aliphatic rings. The van der Waals surface area contributed by atoms with E-state index in [0.717, 1.165) is 0 Å². The Kier molecular flexibility index (Phi) is 4.84. The fourth-order valence-electron chi connectivity index (χ4n) is 3.21. The van der Waals surface area contributed by atoms with Crippen molar-refractivity contribution in [3.63, 3.8) is 0 Å². The van der Waals surface area contributed by atoms with Crippen molar-refractivity contribution in [2.75, 3.05) is 0 Å². The van der Waals surface area contributed by atoms with Crippen molar-refractivity contribution in [1.82, 2.24) is 14.3 Å². The van der Waals surface area contributed by atoms with Gasteiger partial charge in [0.05, 0.1) is 26.7 Å². The zero-order valence-corrected chi connectivity index (χ0v) is 16.1. The van der Waals surface area contributed by atoms with Gasteiger partial charge in [0.1, 0.15) is 0 Å². The predicted octanol–water partition coefficient (Wildman–Crippen LogP) is 1.80. The molecule has 0 unspecified atom stereocenters. The van der Waals surface area contributed by atoms with Crippen molar-refractivity contribution in [3.05, 3.63) is 109 Å². The van der Waals surface area contributed by atoms with Crippen molar-refractivity contribution < 1.29 is 14.8 Å². The summed E-state index contributed by atoms with van der Waals surface area (Å²) in [6.07, 6.45) is 3.45. The van der Waals surface area contributed by atoms with E-state index < -0.39 is 10.9 Å². The van der Waals surface area contributed by atoms with E-state index in [1.54, 1.807) is 41.1 Å². The largest absolute Gasteiger partial charge is 0.478 e. The lowest BCUT2D eigenvalue weighted by molar-refractivity contribution is -0.384. The van der Waals surface area contributed by atoms with Gasteiger partial charge < -0.3 is 9.67 Å². The fourth-order valence-corrected chi connectivity index (χ4v) is 3.21. The van der Waals surface area contributed by atoms with E-state index in [9.17, 15) is 19.7 Å². The predicted molar refractivity (Wildman–Crippen MR) is 114 cm³/mol. The van der Waals surface area contributed by atoms with Gasteiger partial charge in [-0.1, -0.05) is 6.58 Å². The first-order valence-corrected chi connectivity index (χ1v) is 9.13. The quantitative estimate of drug-likeness (QED) is 0.379. The van der Waals surface area contributed by atoms with Crippen LogP contribution >= 0.6 is 0 Å². The number of carboxylic acids is 1.